The highest BCUT2D eigenvalue weighted by Crippen LogP contribution is 2.19. The number of rotatable bonds is 7. The number of sulfonamides is 1. The predicted octanol–water partition coefficient (Wildman–Crippen LogP) is 2.95. The van der Waals surface area contributed by atoms with Crippen molar-refractivity contribution in [2.24, 2.45) is 0 Å². The van der Waals surface area contributed by atoms with Crippen LogP contribution in [0.1, 0.15) is 5.56 Å². The molecule has 25 heavy (non-hydrogen) atoms. The van der Waals surface area contributed by atoms with Crippen LogP contribution >= 0.6 is 11.8 Å². The Hall–Kier alpha value is -1.90. The van der Waals surface area contributed by atoms with Gasteiger partial charge in [0.2, 0.25) is 15.9 Å². The molecule has 0 saturated heterocycles. The molecule has 0 saturated carbocycles. The Morgan fingerprint density at radius 1 is 1.20 bits per heavy atom. The van der Waals surface area contributed by atoms with E-state index in [1.807, 2.05) is 12.3 Å². The Morgan fingerprint density at radius 2 is 1.92 bits per heavy atom. The quantitative estimate of drug-likeness (QED) is 0.748. The Labute approximate surface area is 151 Å². The van der Waals surface area contributed by atoms with Gasteiger partial charge in [0.25, 0.3) is 0 Å². The Balaban J connectivity index is 2.11. The summed E-state index contributed by atoms with van der Waals surface area (Å²) in [6.45, 7) is -0.597. The van der Waals surface area contributed by atoms with E-state index in [2.05, 4.69) is 5.32 Å². The van der Waals surface area contributed by atoms with E-state index >= 15 is 0 Å². The fourth-order valence-electron chi connectivity index (χ4n) is 2.17. The first kappa shape index (κ1) is 19.4. The molecular weight excluding hydrogens is 363 g/mol. The van der Waals surface area contributed by atoms with Crippen molar-refractivity contribution in [3.05, 3.63) is 59.9 Å². The predicted molar refractivity (Wildman–Crippen MR) is 98.5 cm³/mol. The van der Waals surface area contributed by atoms with Crippen LogP contribution in [0.5, 0.6) is 0 Å². The van der Waals surface area contributed by atoms with Crippen molar-refractivity contribution >= 4 is 33.4 Å². The molecule has 5 nitrogen and oxygen atoms in total. The number of nitrogens with one attached hydrogen (secondary N) is 1. The number of hydrogen-bond donors (Lipinski definition) is 1. The van der Waals surface area contributed by atoms with Gasteiger partial charge in [-0.25, -0.2) is 12.8 Å². The first-order valence-electron chi connectivity index (χ1n) is 7.42. The van der Waals surface area contributed by atoms with E-state index in [1.165, 1.54) is 30.0 Å². The lowest BCUT2D eigenvalue weighted by atomic mass is 10.2. The number of halogens is 1. The van der Waals surface area contributed by atoms with Gasteiger partial charge in [-0.15, -0.1) is 11.8 Å². The van der Waals surface area contributed by atoms with Gasteiger partial charge in [-0.2, -0.15) is 4.31 Å². The topological polar surface area (TPSA) is 66.5 Å². The molecule has 0 bridgehead atoms. The van der Waals surface area contributed by atoms with E-state index in [0.29, 0.717) is 5.69 Å². The van der Waals surface area contributed by atoms with Crippen LogP contribution < -0.4 is 5.32 Å². The lowest BCUT2D eigenvalue weighted by Crippen LogP contribution is -2.37. The van der Waals surface area contributed by atoms with Crippen molar-refractivity contribution in [3.63, 3.8) is 0 Å². The molecule has 0 aromatic heterocycles. The molecule has 0 fully saturated rings. The maximum absolute atomic E-state index is 13.8. The van der Waals surface area contributed by atoms with E-state index in [0.717, 1.165) is 15.5 Å². The van der Waals surface area contributed by atoms with E-state index in [-0.39, 0.29) is 12.1 Å². The molecular formula is C17H19FN2O3S2. The minimum Gasteiger partial charge on any atom is -0.325 e. The summed E-state index contributed by atoms with van der Waals surface area (Å²) in [4.78, 5) is 13.2. The molecule has 0 unspecified atom stereocenters. The van der Waals surface area contributed by atoms with E-state index in [9.17, 15) is 17.6 Å². The van der Waals surface area contributed by atoms with Crippen molar-refractivity contribution in [2.45, 2.75) is 11.4 Å². The van der Waals surface area contributed by atoms with Gasteiger partial charge in [-0.05, 0) is 30.5 Å². The van der Waals surface area contributed by atoms with Crippen LogP contribution in [0.3, 0.4) is 0 Å². The van der Waals surface area contributed by atoms with Crippen molar-refractivity contribution in [1.29, 1.82) is 0 Å². The number of hydrogen-bond acceptors (Lipinski definition) is 4. The van der Waals surface area contributed by atoms with Gasteiger partial charge in [0.05, 0.1) is 12.8 Å². The van der Waals surface area contributed by atoms with Gasteiger partial charge < -0.3 is 5.32 Å². The number of carbonyl (C=O) groups excluding carboxylic acids is 1. The van der Waals surface area contributed by atoms with Crippen LogP contribution in [0, 0.1) is 5.82 Å². The number of benzene rings is 2. The highest BCUT2D eigenvalue weighted by molar-refractivity contribution is 7.98. The summed E-state index contributed by atoms with van der Waals surface area (Å²) in [5.41, 5.74) is 0.793. The van der Waals surface area contributed by atoms with Crippen LogP contribution in [0.15, 0.2) is 53.4 Å². The van der Waals surface area contributed by atoms with Crippen LogP contribution in [0.4, 0.5) is 10.1 Å². The molecule has 0 aliphatic rings. The van der Waals surface area contributed by atoms with Crippen molar-refractivity contribution in [2.75, 3.05) is 24.4 Å². The highest BCUT2D eigenvalue weighted by Gasteiger charge is 2.21. The van der Waals surface area contributed by atoms with E-state index < -0.39 is 28.3 Å². The van der Waals surface area contributed by atoms with Gasteiger partial charge in [-0.1, -0.05) is 24.3 Å². The summed E-state index contributed by atoms with van der Waals surface area (Å²) >= 11 is 1.53. The van der Waals surface area contributed by atoms with Crippen LogP contribution in [0.25, 0.3) is 0 Å². The van der Waals surface area contributed by atoms with Crippen molar-refractivity contribution in [1.82, 2.24) is 4.31 Å². The maximum atomic E-state index is 13.8. The van der Waals surface area contributed by atoms with Crippen molar-refractivity contribution < 1.29 is 17.6 Å². The molecule has 0 heterocycles. The minimum atomic E-state index is -3.68. The van der Waals surface area contributed by atoms with E-state index in [4.69, 9.17) is 0 Å². The molecule has 0 spiro atoms. The Bertz CT molecular complexity index is 856. The minimum absolute atomic E-state index is 0.205. The molecule has 1 amide bonds. The number of amides is 1. The van der Waals surface area contributed by atoms with Gasteiger partial charge in [0, 0.05) is 22.7 Å². The first-order valence-corrected chi connectivity index (χ1v) is 10.5. The third-order valence-corrected chi connectivity index (χ3v) is 5.37. The number of nitrogens with zero attached hydrogens (tertiary/aromatic N) is 1. The third-order valence-electron chi connectivity index (χ3n) is 3.45. The van der Waals surface area contributed by atoms with Gasteiger partial charge >= 0.3 is 0 Å². The highest BCUT2D eigenvalue weighted by atomic mass is 32.2. The molecule has 0 aliphatic carbocycles. The van der Waals surface area contributed by atoms with Crippen molar-refractivity contribution in [3.8, 4) is 0 Å². The molecule has 2 rings (SSSR count). The van der Waals surface area contributed by atoms with Crippen LogP contribution in [-0.2, 0) is 21.4 Å². The first-order chi connectivity index (χ1) is 11.8. The summed E-state index contributed by atoms with van der Waals surface area (Å²) in [7, 11) is -3.68. The molecule has 0 atom stereocenters. The van der Waals surface area contributed by atoms with Gasteiger partial charge in [0.1, 0.15) is 5.82 Å². The van der Waals surface area contributed by atoms with Gasteiger partial charge in [0.15, 0.2) is 0 Å². The van der Waals surface area contributed by atoms with Crippen LogP contribution in [-0.4, -0.2) is 37.7 Å². The zero-order valence-corrected chi connectivity index (χ0v) is 15.5. The second kappa shape index (κ2) is 8.46. The lowest BCUT2D eigenvalue weighted by Gasteiger charge is -2.20. The fraction of sp³-hybridized carbons (Fsp3) is 0.235. The van der Waals surface area contributed by atoms with Crippen LogP contribution in [0.2, 0.25) is 0 Å². The summed E-state index contributed by atoms with van der Waals surface area (Å²) in [5.74, 6) is -0.996. The zero-order valence-electron chi connectivity index (χ0n) is 13.9. The summed E-state index contributed by atoms with van der Waals surface area (Å²) in [6, 6.07) is 13.1. The maximum Gasteiger partial charge on any atom is 0.239 e. The average Bonchev–Trinajstić information content (AvgIpc) is 2.55. The number of carbonyl (C=O) groups is 1. The number of thioether (sulfide) groups is 1. The standard InChI is InChI=1S/C17H19FN2O3S2/c1-24-15-8-5-7-14(10-15)19-17(21)12-20(25(2,22)23)11-13-6-3-4-9-16(13)18/h3-10H,11-12H2,1-2H3,(H,19,21). The summed E-state index contributed by atoms with van der Waals surface area (Å²) in [6.07, 6.45) is 2.91. The van der Waals surface area contributed by atoms with E-state index in [1.54, 1.807) is 24.3 Å². The SMILES string of the molecule is CSc1cccc(NC(=O)CN(Cc2ccccc2F)S(C)(=O)=O)c1. The average molecular weight is 382 g/mol. The normalized spacial score (nSPS) is 11.5. The Kier molecular flexibility index (Phi) is 6.57. The summed E-state index contributed by atoms with van der Waals surface area (Å²) in [5, 5.41) is 2.67. The Morgan fingerprint density at radius 3 is 2.56 bits per heavy atom. The smallest absolute Gasteiger partial charge is 0.239 e. The third kappa shape index (κ3) is 5.84. The molecule has 134 valence electrons. The molecule has 2 aromatic carbocycles. The monoisotopic (exact) mass is 382 g/mol. The molecule has 0 aliphatic heterocycles. The van der Waals surface area contributed by atoms with Gasteiger partial charge in [-0.3, -0.25) is 4.79 Å². The fourth-order valence-corrected chi connectivity index (χ4v) is 3.35. The molecule has 2 aromatic rings. The molecule has 8 heteroatoms. The summed E-state index contributed by atoms with van der Waals surface area (Å²) < 4.78 is 38.6. The largest absolute Gasteiger partial charge is 0.325 e. The number of anilines is 1. The molecule has 1 N–H and O–H groups in total. The molecule has 0 radical (unpaired) electrons. The zero-order chi connectivity index (χ0) is 18.4. The second-order valence-electron chi connectivity index (χ2n) is 5.40. The lowest BCUT2D eigenvalue weighted by molar-refractivity contribution is -0.116. The second-order valence-corrected chi connectivity index (χ2v) is 8.26.